The van der Waals surface area contributed by atoms with E-state index >= 15 is 0 Å². The van der Waals surface area contributed by atoms with E-state index in [2.05, 4.69) is 66.2 Å². The number of nitrogens with one attached hydrogen (secondary N) is 2. The van der Waals surface area contributed by atoms with Gasteiger partial charge in [0.05, 0.1) is 0 Å². The maximum atomic E-state index is 4.51. The molecule has 0 spiro atoms. The SMILES string of the molecule is C=CCNc1cc(C)nc(Nc2ccccc2C(C)(C)C)n1. The van der Waals surface area contributed by atoms with Gasteiger partial charge in [0.2, 0.25) is 5.95 Å². The standard InChI is InChI=1S/C18H24N4/c1-6-11-19-16-12-13(2)20-17(22-16)21-15-10-8-7-9-14(15)18(3,4)5/h6-10,12H,1,11H2,2-5H3,(H2,19,20,21,22). The van der Waals surface area contributed by atoms with E-state index in [9.17, 15) is 0 Å². The smallest absolute Gasteiger partial charge is 0.229 e. The molecule has 4 nitrogen and oxygen atoms in total. The topological polar surface area (TPSA) is 49.8 Å². The fourth-order valence-electron chi connectivity index (χ4n) is 2.26. The Kier molecular flexibility index (Phi) is 4.81. The molecule has 0 radical (unpaired) electrons. The van der Waals surface area contributed by atoms with Crippen LogP contribution in [0.25, 0.3) is 0 Å². The summed E-state index contributed by atoms with van der Waals surface area (Å²) in [6.07, 6.45) is 1.81. The van der Waals surface area contributed by atoms with Gasteiger partial charge >= 0.3 is 0 Å². The van der Waals surface area contributed by atoms with Gasteiger partial charge in [-0.1, -0.05) is 45.0 Å². The van der Waals surface area contributed by atoms with Crippen molar-refractivity contribution in [3.63, 3.8) is 0 Å². The zero-order valence-corrected chi connectivity index (χ0v) is 13.8. The molecule has 22 heavy (non-hydrogen) atoms. The second-order valence-electron chi connectivity index (χ2n) is 6.31. The van der Waals surface area contributed by atoms with Crippen LogP contribution in [0.15, 0.2) is 43.0 Å². The molecule has 0 amide bonds. The zero-order chi connectivity index (χ0) is 16.2. The molecule has 0 bridgehead atoms. The summed E-state index contributed by atoms with van der Waals surface area (Å²) in [5, 5.41) is 6.55. The van der Waals surface area contributed by atoms with Gasteiger partial charge in [0.15, 0.2) is 0 Å². The van der Waals surface area contributed by atoms with Gasteiger partial charge in [-0.15, -0.1) is 6.58 Å². The van der Waals surface area contributed by atoms with E-state index in [1.807, 2.05) is 19.1 Å². The van der Waals surface area contributed by atoms with Gasteiger partial charge in [0, 0.05) is 24.0 Å². The van der Waals surface area contributed by atoms with E-state index in [1.54, 1.807) is 6.08 Å². The van der Waals surface area contributed by atoms with Crippen molar-refractivity contribution in [2.45, 2.75) is 33.1 Å². The van der Waals surface area contributed by atoms with Gasteiger partial charge in [-0.2, -0.15) is 4.98 Å². The number of benzene rings is 1. The van der Waals surface area contributed by atoms with E-state index in [-0.39, 0.29) is 5.41 Å². The molecular weight excluding hydrogens is 272 g/mol. The number of anilines is 3. The Morgan fingerprint density at radius 2 is 1.91 bits per heavy atom. The highest BCUT2D eigenvalue weighted by molar-refractivity contribution is 5.61. The molecule has 0 unspecified atom stereocenters. The number of hydrogen-bond acceptors (Lipinski definition) is 4. The molecule has 1 aromatic heterocycles. The Morgan fingerprint density at radius 1 is 1.18 bits per heavy atom. The number of rotatable bonds is 5. The summed E-state index contributed by atoms with van der Waals surface area (Å²) in [6.45, 7) is 12.9. The zero-order valence-electron chi connectivity index (χ0n) is 13.8. The average Bonchev–Trinajstić information content (AvgIpc) is 2.44. The minimum Gasteiger partial charge on any atom is -0.366 e. The van der Waals surface area contributed by atoms with Gasteiger partial charge in [-0.3, -0.25) is 0 Å². The van der Waals surface area contributed by atoms with Crippen LogP contribution < -0.4 is 10.6 Å². The van der Waals surface area contributed by atoms with Gasteiger partial charge in [-0.25, -0.2) is 4.98 Å². The lowest BCUT2D eigenvalue weighted by atomic mass is 9.86. The number of para-hydroxylation sites is 1. The van der Waals surface area contributed by atoms with E-state index in [1.165, 1.54) is 5.56 Å². The Balaban J connectivity index is 2.31. The molecule has 2 rings (SSSR count). The predicted octanol–water partition coefficient (Wildman–Crippen LogP) is 4.42. The first kappa shape index (κ1) is 16.0. The predicted molar refractivity (Wildman–Crippen MR) is 93.9 cm³/mol. The first-order valence-corrected chi connectivity index (χ1v) is 7.47. The van der Waals surface area contributed by atoms with E-state index in [4.69, 9.17) is 0 Å². The molecule has 0 saturated heterocycles. The summed E-state index contributed by atoms with van der Waals surface area (Å²) in [4.78, 5) is 8.98. The molecular formula is C18H24N4. The molecule has 0 atom stereocenters. The maximum absolute atomic E-state index is 4.51. The van der Waals surface area contributed by atoms with Crippen molar-refractivity contribution in [2.24, 2.45) is 0 Å². The second-order valence-corrected chi connectivity index (χ2v) is 6.31. The monoisotopic (exact) mass is 296 g/mol. The summed E-state index contributed by atoms with van der Waals surface area (Å²) in [5.41, 5.74) is 3.24. The molecule has 0 aliphatic rings. The van der Waals surface area contributed by atoms with Crippen LogP contribution in [0.5, 0.6) is 0 Å². The van der Waals surface area contributed by atoms with Crippen molar-refractivity contribution in [3.8, 4) is 0 Å². The molecule has 2 aromatic rings. The van der Waals surface area contributed by atoms with Crippen LogP contribution in [-0.2, 0) is 5.41 Å². The largest absolute Gasteiger partial charge is 0.366 e. The number of aromatic nitrogens is 2. The summed E-state index contributed by atoms with van der Waals surface area (Å²) < 4.78 is 0. The molecule has 1 heterocycles. The van der Waals surface area contributed by atoms with Crippen LogP contribution >= 0.6 is 0 Å². The summed E-state index contributed by atoms with van der Waals surface area (Å²) in [5.74, 6) is 1.39. The number of nitrogens with zero attached hydrogens (tertiary/aromatic N) is 2. The molecule has 0 aliphatic heterocycles. The molecule has 4 heteroatoms. The van der Waals surface area contributed by atoms with Crippen LogP contribution in [0.4, 0.5) is 17.5 Å². The minimum absolute atomic E-state index is 0.0529. The van der Waals surface area contributed by atoms with Crippen molar-refractivity contribution < 1.29 is 0 Å². The molecule has 0 fully saturated rings. The van der Waals surface area contributed by atoms with Gasteiger partial charge in [-0.05, 0) is 24.0 Å². The first-order valence-electron chi connectivity index (χ1n) is 7.47. The van der Waals surface area contributed by atoms with Crippen LogP contribution in [0.3, 0.4) is 0 Å². The van der Waals surface area contributed by atoms with Crippen molar-refractivity contribution in [2.75, 3.05) is 17.2 Å². The van der Waals surface area contributed by atoms with Crippen molar-refractivity contribution >= 4 is 17.5 Å². The van der Waals surface area contributed by atoms with Crippen molar-refractivity contribution in [3.05, 3.63) is 54.2 Å². The van der Waals surface area contributed by atoms with Gasteiger partial charge in [0.25, 0.3) is 0 Å². The fraction of sp³-hybridized carbons (Fsp3) is 0.333. The average molecular weight is 296 g/mol. The normalized spacial score (nSPS) is 11.1. The summed E-state index contributed by atoms with van der Waals surface area (Å²) in [7, 11) is 0. The Hall–Kier alpha value is -2.36. The Labute approximate surface area is 132 Å². The molecule has 1 aromatic carbocycles. The highest BCUT2D eigenvalue weighted by Gasteiger charge is 2.18. The lowest BCUT2D eigenvalue weighted by molar-refractivity contribution is 0.592. The molecule has 0 saturated carbocycles. The minimum atomic E-state index is 0.0529. The quantitative estimate of drug-likeness (QED) is 0.802. The van der Waals surface area contributed by atoms with Crippen LogP contribution in [-0.4, -0.2) is 16.5 Å². The highest BCUT2D eigenvalue weighted by Crippen LogP contribution is 2.30. The fourth-order valence-corrected chi connectivity index (χ4v) is 2.26. The van der Waals surface area contributed by atoms with Crippen molar-refractivity contribution in [1.29, 1.82) is 0 Å². The first-order chi connectivity index (χ1) is 10.4. The van der Waals surface area contributed by atoms with Crippen LogP contribution in [0.2, 0.25) is 0 Å². The third kappa shape index (κ3) is 4.07. The maximum Gasteiger partial charge on any atom is 0.229 e. The van der Waals surface area contributed by atoms with Gasteiger partial charge < -0.3 is 10.6 Å². The van der Waals surface area contributed by atoms with Crippen LogP contribution in [0, 0.1) is 6.92 Å². The molecule has 0 aliphatic carbocycles. The van der Waals surface area contributed by atoms with E-state index < -0.39 is 0 Å². The second kappa shape index (κ2) is 6.60. The third-order valence-corrected chi connectivity index (χ3v) is 3.26. The van der Waals surface area contributed by atoms with Crippen molar-refractivity contribution in [1.82, 2.24) is 9.97 Å². The van der Waals surface area contributed by atoms with E-state index in [0.29, 0.717) is 12.5 Å². The lowest BCUT2D eigenvalue weighted by Gasteiger charge is -2.23. The molecule has 116 valence electrons. The summed E-state index contributed by atoms with van der Waals surface area (Å²) in [6, 6.07) is 10.2. The number of aryl methyl sites for hydroxylation is 1. The third-order valence-electron chi connectivity index (χ3n) is 3.26. The Morgan fingerprint density at radius 3 is 2.59 bits per heavy atom. The van der Waals surface area contributed by atoms with E-state index in [0.717, 1.165) is 17.2 Å². The molecule has 2 N–H and O–H groups in total. The summed E-state index contributed by atoms with van der Waals surface area (Å²) >= 11 is 0. The van der Waals surface area contributed by atoms with Gasteiger partial charge in [0.1, 0.15) is 5.82 Å². The number of hydrogen-bond donors (Lipinski definition) is 2. The Bertz CT molecular complexity index is 656. The lowest BCUT2D eigenvalue weighted by Crippen LogP contribution is -2.14. The highest BCUT2D eigenvalue weighted by atomic mass is 15.1. The van der Waals surface area contributed by atoms with Crippen LogP contribution in [0.1, 0.15) is 32.0 Å².